The highest BCUT2D eigenvalue weighted by Gasteiger charge is 2.15. The Morgan fingerprint density at radius 2 is 2.23 bits per heavy atom. The molecule has 1 fully saturated rings. The van der Waals surface area contributed by atoms with E-state index in [9.17, 15) is 0 Å². The summed E-state index contributed by atoms with van der Waals surface area (Å²) >= 11 is 0. The Hall–Kier alpha value is -1.14. The fourth-order valence-corrected chi connectivity index (χ4v) is 1.30. The molecule has 1 saturated heterocycles. The van der Waals surface area contributed by atoms with Gasteiger partial charge in [-0.2, -0.15) is 4.98 Å². The fraction of sp³-hybridized carbons (Fsp3) is 0.714. The summed E-state index contributed by atoms with van der Waals surface area (Å²) < 4.78 is 4.79. The largest absolute Gasteiger partial charge is 0.387 e. The molecule has 2 rings (SSSR count). The number of rotatable bonds is 2. The lowest BCUT2D eigenvalue weighted by Gasteiger charge is -2.25. The van der Waals surface area contributed by atoms with Gasteiger partial charge < -0.3 is 19.8 Å². The summed E-state index contributed by atoms with van der Waals surface area (Å²) in [5, 5.41) is 15.7. The molecule has 0 saturated carbocycles. The highest BCUT2D eigenvalue weighted by Crippen LogP contribution is 2.09. The molecule has 2 heterocycles. The van der Waals surface area contributed by atoms with Crippen LogP contribution < -0.4 is 10.2 Å². The Kier molecular flexibility index (Phi) is 2.42. The molecule has 1 aliphatic rings. The molecular weight excluding hydrogens is 172 g/mol. The van der Waals surface area contributed by atoms with Gasteiger partial charge in [0.05, 0.1) is 0 Å². The lowest BCUT2D eigenvalue weighted by molar-refractivity contribution is 0.222. The Balaban J connectivity index is 2.05. The normalized spacial score (nSPS) is 17.8. The molecule has 13 heavy (non-hydrogen) atoms. The number of hydrogen-bond donors (Lipinski definition) is 2. The van der Waals surface area contributed by atoms with Crippen LogP contribution in [-0.2, 0) is 6.61 Å². The minimum Gasteiger partial charge on any atom is -0.387 e. The van der Waals surface area contributed by atoms with Crippen LogP contribution in [0.5, 0.6) is 0 Å². The molecule has 2 N–H and O–H groups in total. The van der Waals surface area contributed by atoms with Crippen LogP contribution >= 0.6 is 0 Å². The van der Waals surface area contributed by atoms with Crippen molar-refractivity contribution >= 4 is 5.95 Å². The third-order valence-corrected chi connectivity index (χ3v) is 1.99. The van der Waals surface area contributed by atoms with Gasteiger partial charge in [-0.15, -0.1) is 0 Å². The maximum absolute atomic E-state index is 8.72. The summed E-state index contributed by atoms with van der Waals surface area (Å²) in [6.07, 6.45) is 0. The maximum Gasteiger partial charge on any atom is 0.266 e. The van der Waals surface area contributed by atoms with Gasteiger partial charge in [0.2, 0.25) is 0 Å². The first-order valence-electron chi connectivity index (χ1n) is 4.29. The van der Waals surface area contributed by atoms with Gasteiger partial charge in [-0.1, -0.05) is 0 Å². The van der Waals surface area contributed by atoms with Crippen LogP contribution in [-0.4, -0.2) is 41.4 Å². The van der Waals surface area contributed by atoms with Crippen LogP contribution in [0.25, 0.3) is 0 Å². The van der Waals surface area contributed by atoms with Gasteiger partial charge in [-0.25, -0.2) is 0 Å². The smallest absolute Gasteiger partial charge is 0.266 e. The average molecular weight is 184 g/mol. The lowest BCUT2D eigenvalue weighted by atomic mass is 10.4. The van der Waals surface area contributed by atoms with Gasteiger partial charge in [0.25, 0.3) is 11.8 Å². The minimum atomic E-state index is -0.195. The number of piperazine rings is 1. The first-order valence-corrected chi connectivity index (χ1v) is 4.29. The van der Waals surface area contributed by atoms with Crippen molar-refractivity contribution in [3.05, 3.63) is 5.89 Å². The summed E-state index contributed by atoms with van der Waals surface area (Å²) in [5.74, 6) is 0.846. The second kappa shape index (κ2) is 3.71. The Labute approximate surface area is 75.5 Å². The van der Waals surface area contributed by atoms with Crippen molar-refractivity contribution in [2.24, 2.45) is 0 Å². The monoisotopic (exact) mass is 184 g/mol. The Morgan fingerprint density at radius 3 is 2.85 bits per heavy atom. The van der Waals surface area contributed by atoms with E-state index in [1.54, 1.807) is 0 Å². The standard InChI is InChI=1S/C7H12N4O2/c12-5-6-9-7(10-13-6)11-3-1-8-2-4-11/h8,12H,1-5H2. The first-order chi connectivity index (χ1) is 6.40. The molecule has 0 aromatic carbocycles. The van der Waals surface area contributed by atoms with Gasteiger partial charge in [-0.05, 0) is 5.16 Å². The van der Waals surface area contributed by atoms with E-state index in [4.69, 9.17) is 9.63 Å². The molecule has 0 aliphatic carbocycles. The topological polar surface area (TPSA) is 74.4 Å². The number of nitrogens with zero attached hydrogens (tertiary/aromatic N) is 3. The molecule has 1 aromatic heterocycles. The number of aromatic nitrogens is 2. The molecule has 0 spiro atoms. The van der Waals surface area contributed by atoms with E-state index in [1.165, 1.54) is 0 Å². The molecule has 1 aromatic rings. The summed E-state index contributed by atoms with van der Waals surface area (Å²) in [4.78, 5) is 6.05. The van der Waals surface area contributed by atoms with Crippen molar-refractivity contribution in [3.63, 3.8) is 0 Å². The summed E-state index contributed by atoms with van der Waals surface area (Å²) in [7, 11) is 0. The van der Waals surface area contributed by atoms with Gasteiger partial charge in [0.15, 0.2) is 0 Å². The Morgan fingerprint density at radius 1 is 1.46 bits per heavy atom. The molecule has 72 valence electrons. The molecule has 1 aliphatic heterocycles. The van der Waals surface area contributed by atoms with E-state index in [0.29, 0.717) is 5.95 Å². The summed E-state index contributed by atoms with van der Waals surface area (Å²) in [6.45, 7) is 3.43. The predicted octanol–water partition coefficient (Wildman–Crippen LogP) is -1.03. The van der Waals surface area contributed by atoms with Gasteiger partial charge in [-0.3, -0.25) is 0 Å². The van der Waals surface area contributed by atoms with Crippen LogP contribution in [0.2, 0.25) is 0 Å². The second-order valence-electron chi connectivity index (χ2n) is 2.88. The van der Waals surface area contributed by atoms with Crippen LogP contribution in [0.3, 0.4) is 0 Å². The van der Waals surface area contributed by atoms with Crippen molar-refractivity contribution in [3.8, 4) is 0 Å². The highest BCUT2D eigenvalue weighted by molar-refractivity contribution is 5.28. The number of nitrogens with one attached hydrogen (secondary N) is 1. The van der Waals surface area contributed by atoms with E-state index in [1.807, 2.05) is 4.90 Å². The summed E-state index contributed by atoms with van der Waals surface area (Å²) in [6, 6.07) is 0. The van der Waals surface area contributed by atoms with Crippen LogP contribution in [0, 0.1) is 0 Å². The Bertz CT molecular complexity index is 269. The van der Waals surface area contributed by atoms with E-state index < -0.39 is 0 Å². The number of aliphatic hydroxyl groups is 1. The maximum atomic E-state index is 8.72. The quantitative estimate of drug-likeness (QED) is 0.612. The van der Waals surface area contributed by atoms with E-state index >= 15 is 0 Å². The van der Waals surface area contributed by atoms with Crippen LogP contribution in [0.4, 0.5) is 5.95 Å². The summed E-state index contributed by atoms with van der Waals surface area (Å²) in [5.41, 5.74) is 0. The van der Waals surface area contributed by atoms with Crippen molar-refractivity contribution < 1.29 is 9.63 Å². The third kappa shape index (κ3) is 1.78. The van der Waals surface area contributed by atoms with Gasteiger partial charge in [0, 0.05) is 26.2 Å². The fourth-order valence-electron chi connectivity index (χ4n) is 1.30. The highest BCUT2D eigenvalue weighted by atomic mass is 16.5. The molecule has 0 radical (unpaired) electrons. The van der Waals surface area contributed by atoms with Gasteiger partial charge >= 0.3 is 0 Å². The van der Waals surface area contributed by atoms with E-state index in [-0.39, 0.29) is 12.5 Å². The minimum absolute atomic E-state index is 0.195. The molecule has 0 atom stereocenters. The average Bonchev–Trinajstić information content (AvgIpc) is 2.67. The van der Waals surface area contributed by atoms with Crippen LogP contribution in [0.15, 0.2) is 4.52 Å². The van der Waals surface area contributed by atoms with Crippen molar-refractivity contribution in [2.75, 3.05) is 31.1 Å². The molecule has 0 amide bonds. The zero-order chi connectivity index (χ0) is 9.10. The zero-order valence-electron chi connectivity index (χ0n) is 7.23. The van der Waals surface area contributed by atoms with Crippen molar-refractivity contribution in [1.29, 1.82) is 0 Å². The van der Waals surface area contributed by atoms with Crippen LogP contribution in [0.1, 0.15) is 5.89 Å². The number of hydrogen-bond acceptors (Lipinski definition) is 6. The second-order valence-corrected chi connectivity index (χ2v) is 2.88. The van der Waals surface area contributed by atoms with E-state index in [0.717, 1.165) is 26.2 Å². The van der Waals surface area contributed by atoms with Crippen molar-refractivity contribution in [1.82, 2.24) is 15.5 Å². The molecular formula is C7H12N4O2. The lowest BCUT2D eigenvalue weighted by Crippen LogP contribution is -2.44. The first kappa shape index (κ1) is 8.46. The van der Waals surface area contributed by atoms with E-state index in [2.05, 4.69) is 15.5 Å². The molecule has 6 nitrogen and oxygen atoms in total. The van der Waals surface area contributed by atoms with Crippen molar-refractivity contribution in [2.45, 2.75) is 6.61 Å². The number of aliphatic hydroxyl groups excluding tert-OH is 1. The van der Waals surface area contributed by atoms with Gasteiger partial charge in [0.1, 0.15) is 6.61 Å². The number of anilines is 1. The molecule has 0 bridgehead atoms. The molecule has 6 heteroatoms. The predicted molar refractivity (Wildman–Crippen MR) is 45.3 cm³/mol. The molecule has 0 unspecified atom stereocenters. The SMILES string of the molecule is OCc1nc(N2CCNCC2)no1. The zero-order valence-corrected chi connectivity index (χ0v) is 7.23. The third-order valence-electron chi connectivity index (χ3n) is 1.99.